The second-order valence-electron chi connectivity index (χ2n) is 23.3. The Morgan fingerprint density at radius 1 is 0.635 bits per heavy atom. The van der Waals surface area contributed by atoms with Crippen LogP contribution in [0.5, 0.6) is 0 Å². The zero-order chi connectivity index (χ0) is 41.1. The van der Waals surface area contributed by atoms with E-state index in [2.05, 4.69) is 151 Å². The van der Waals surface area contributed by atoms with E-state index >= 15 is 0 Å². The summed E-state index contributed by atoms with van der Waals surface area (Å²) in [4.78, 5) is 11.5. The van der Waals surface area contributed by atoms with Gasteiger partial charge in [-0.05, 0) is 139 Å². The molecule has 4 nitrogen and oxygen atoms in total. The first-order valence-corrected chi connectivity index (χ1v) is 27.4. The highest BCUT2D eigenvalue weighted by molar-refractivity contribution is 6.74. The molecule has 8 atom stereocenters. The van der Waals surface area contributed by atoms with Gasteiger partial charge in [0.1, 0.15) is 6.29 Å². The van der Waals surface area contributed by atoms with Crippen molar-refractivity contribution in [3.63, 3.8) is 0 Å². The van der Waals surface area contributed by atoms with E-state index < -0.39 is 16.6 Å². The largest absolute Gasteiger partial charge is 0.414 e. The van der Waals surface area contributed by atoms with Gasteiger partial charge in [-0.25, -0.2) is 0 Å². The summed E-state index contributed by atoms with van der Waals surface area (Å²) in [5.74, 6) is 3.01. The topological polar surface area (TPSA) is 55.8 Å². The van der Waals surface area contributed by atoms with E-state index in [-0.39, 0.29) is 32.2 Å². The first-order chi connectivity index (χ1) is 23.2. The minimum absolute atomic E-state index is 0.0851. The predicted molar refractivity (Wildman–Crippen MR) is 233 cm³/mol. The van der Waals surface area contributed by atoms with Crippen molar-refractivity contribution in [1.82, 2.24) is 0 Å². The van der Waals surface area contributed by atoms with Crippen molar-refractivity contribution < 1.29 is 18.8 Å². The van der Waals surface area contributed by atoms with Gasteiger partial charge in [0.2, 0.25) is 0 Å². The van der Waals surface area contributed by atoms with Gasteiger partial charge in [0, 0.05) is 24.7 Å². The maximum absolute atomic E-state index is 11.5. The Hall–Kier alpha value is -0.0162. The monoisotopic (exact) mass is 767 g/mol. The van der Waals surface area contributed by atoms with Crippen LogP contribution in [0.1, 0.15) is 176 Å². The van der Waals surface area contributed by atoms with E-state index in [1.165, 1.54) is 38.4 Å². The molecule has 0 radical (unpaired) electrons. The molecule has 2 fully saturated rings. The van der Waals surface area contributed by atoms with Crippen LogP contribution in [0.25, 0.3) is 0 Å². The van der Waals surface area contributed by atoms with Crippen molar-refractivity contribution in [2.24, 2.45) is 57.2 Å². The van der Waals surface area contributed by atoms with Crippen LogP contribution in [0, 0.1) is 57.2 Å². The lowest BCUT2D eigenvalue weighted by atomic mass is 9.59. The van der Waals surface area contributed by atoms with Gasteiger partial charge in [0.15, 0.2) is 16.6 Å². The molecule has 2 saturated carbocycles. The Balaban J connectivity index is 0.000000520. The average Bonchev–Trinajstić information content (AvgIpc) is 3.38. The number of hydrogen-bond acceptors (Lipinski definition) is 4. The van der Waals surface area contributed by atoms with Crippen molar-refractivity contribution in [2.75, 3.05) is 6.61 Å². The molecule has 0 saturated heterocycles. The minimum Gasteiger partial charge on any atom is -0.414 e. The molecule has 0 spiro atoms. The van der Waals surface area contributed by atoms with E-state index in [1.54, 1.807) is 0 Å². The number of hydrogen-bond donors (Lipinski definition) is 1. The minimum atomic E-state index is -1.74. The number of carbonyl (C=O) groups is 1. The maximum atomic E-state index is 11.5. The van der Waals surface area contributed by atoms with Gasteiger partial charge in [-0.1, -0.05) is 125 Å². The zero-order valence-electron chi connectivity index (χ0n) is 39.2. The normalized spacial score (nSPS) is 29.1. The summed E-state index contributed by atoms with van der Waals surface area (Å²) < 4.78 is 13.6. The fourth-order valence-corrected chi connectivity index (χ4v) is 12.1. The molecule has 310 valence electrons. The highest BCUT2D eigenvalue weighted by Crippen LogP contribution is 2.61. The first kappa shape index (κ1) is 50.0. The summed E-state index contributed by atoms with van der Waals surface area (Å²) in [5, 5.41) is 10.3. The molecule has 2 rings (SSSR count). The summed E-state index contributed by atoms with van der Waals surface area (Å²) in [5.41, 5.74) is 0.826. The van der Waals surface area contributed by atoms with Gasteiger partial charge in [-0.2, -0.15) is 0 Å². The fourth-order valence-electron chi connectivity index (χ4n) is 9.14. The number of aldehydes is 1. The molecule has 0 aromatic heterocycles. The summed E-state index contributed by atoms with van der Waals surface area (Å²) >= 11 is 0. The van der Waals surface area contributed by atoms with Crippen molar-refractivity contribution in [3.8, 4) is 0 Å². The molecule has 52 heavy (non-hydrogen) atoms. The molecule has 0 amide bonds. The van der Waals surface area contributed by atoms with Crippen molar-refractivity contribution in [2.45, 2.75) is 224 Å². The van der Waals surface area contributed by atoms with Gasteiger partial charge in [-0.3, -0.25) is 0 Å². The summed E-state index contributed by atoms with van der Waals surface area (Å²) in [6.07, 6.45) is 11.2. The second-order valence-corrected chi connectivity index (χ2v) is 32.8. The molecule has 2 aliphatic rings. The standard InChI is InChI=1S/C23H48O2Si.C23H46O2Si/c2*1-17(2)20(25-26(10,11)21(4,5)6)13-12-18(3)23(9)15-14-19(16-24)22(23,7)8/h17-20,24H,12-16H2,1-11H3;16-20H,12-15H2,1-11H3/t2*18-,19-,20+,23+/m00/s1. The molecule has 6 heteroatoms. The van der Waals surface area contributed by atoms with Crippen LogP contribution in [0.15, 0.2) is 0 Å². The van der Waals surface area contributed by atoms with Crippen LogP contribution in [-0.2, 0) is 13.6 Å². The van der Waals surface area contributed by atoms with E-state index in [0.717, 1.165) is 19.3 Å². The Morgan fingerprint density at radius 3 is 1.25 bits per heavy atom. The van der Waals surface area contributed by atoms with E-state index in [0.29, 0.717) is 53.8 Å². The highest BCUT2D eigenvalue weighted by Gasteiger charge is 2.55. The molecule has 1 N–H and O–H groups in total. The fraction of sp³-hybridized carbons (Fsp3) is 0.978. The lowest BCUT2D eigenvalue weighted by molar-refractivity contribution is -0.115. The number of carbonyl (C=O) groups excluding carboxylic acids is 1. The summed E-state index contributed by atoms with van der Waals surface area (Å²) in [6.45, 7) is 52.1. The van der Waals surface area contributed by atoms with Crippen LogP contribution < -0.4 is 0 Å². The summed E-state index contributed by atoms with van der Waals surface area (Å²) in [6, 6.07) is 0. The lowest BCUT2D eigenvalue weighted by Gasteiger charge is -2.47. The van der Waals surface area contributed by atoms with E-state index in [1.807, 2.05) is 0 Å². The average molecular weight is 767 g/mol. The third kappa shape index (κ3) is 11.1. The van der Waals surface area contributed by atoms with Crippen LogP contribution in [-0.4, -0.2) is 46.8 Å². The second kappa shape index (κ2) is 18.1. The zero-order valence-corrected chi connectivity index (χ0v) is 41.2. The van der Waals surface area contributed by atoms with Crippen LogP contribution in [0.3, 0.4) is 0 Å². The molecule has 0 bridgehead atoms. The quantitative estimate of drug-likeness (QED) is 0.126. The van der Waals surface area contributed by atoms with Gasteiger partial charge in [-0.15, -0.1) is 0 Å². The number of aliphatic hydroxyl groups excluding tert-OH is 1. The van der Waals surface area contributed by atoms with E-state index in [4.69, 9.17) is 8.85 Å². The van der Waals surface area contributed by atoms with Gasteiger partial charge in [0.25, 0.3) is 0 Å². The van der Waals surface area contributed by atoms with Gasteiger partial charge >= 0.3 is 0 Å². The van der Waals surface area contributed by atoms with E-state index in [9.17, 15) is 9.90 Å². The van der Waals surface area contributed by atoms with Crippen molar-refractivity contribution >= 4 is 22.9 Å². The van der Waals surface area contributed by atoms with Crippen LogP contribution in [0.2, 0.25) is 36.3 Å². The molecule has 0 aromatic rings. The van der Waals surface area contributed by atoms with Crippen molar-refractivity contribution in [3.05, 3.63) is 0 Å². The Labute approximate surface area is 328 Å². The van der Waals surface area contributed by atoms with Gasteiger partial charge < -0.3 is 18.8 Å². The highest BCUT2D eigenvalue weighted by atomic mass is 28.4. The Kier molecular flexibility index (Phi) is 17.4. The molecule has 2 aliphatic carbocycles. The molecule has 0 heterocycles. The smallest absolute Gasteiger partial charge is 0.192 e. The number of rotatable bonds is 16. The molecule has 0 aromatic carbocycles. The van der Waals surface area contributed by atoms with Crippen molar-refractivity contribution in [1.29, 1.82) is 0 Å². The maximum Gasteiger partial charge on any atom is 0.192 e. The van der Waals surface area contributed by atoms with Crippen LogP contribution >= 0.6 is 0 Å². The number of aliphatic hydroxyl groups is 1. The third-order valence-corrected chi connectivity index (χ3v) is 26.2. The predicted octanol–water partition coefficient (Wildman–Crippen LogP) is 14.0. The Bertz CT molecular complexity index is 1100. The molecule has 0 aliphatic heterocycles. The Morgan fingerprint density at radius 2 is 0.981 bits per heavy atom. The lowest BCUT2D eigenvalue weighted by Crippen LogP contribution is -2.45. The summed E-state index contributed by atoms with van der Waals surface area (Å²) in [7, 11) is -3.48. The first-order valence-electron chi connectivity index (χ1n) is 21.6. The SMILES string of the molecule is CC(C)[C@@H](CC[C@H](C)[C@@]1(C)CC[C@@H](C=O)C1(C)C)O[Si](C)(C)C(C)(C)C.CC(C)[C@@H](CC[C@H](C)[C@@]1(C)CC[C@@H](CO)C1(C)C)O[Si](C)(C)C(C)(C)C. The molecular weight excluding hydrogens is 673 g/mol. The van der Waals surface area contributed by atoms with Gasteiger partial charge in [0.05, 0.1) is 0 Å². The molecular formula is C46H94O4Si2. The molecule has 0 unspecified atom stereocenters. The van der Waals surface area contributed by atoms with Crippen LogP contribution in [0.4, 0.5) is 0 Å². The third-order valence-electron chi connectivity index (χ3n) is 17.2.